The number of amides is 1. The average Bonchev–Trinajstić information content (AvgIpc) is 2.06. The van der Waals surface area contributed by atoms with Crippen LogP contribution in [0.25, 0.3) is 0 Å². The summed E-state index contributed by atoms with van der Waals surface area (Å²) in [5.74, 6) is 0. The molecule has 1 saturated carbocycles. The van der Waals surface area contributed by atoms with Gasteiger partial charge < -0.3 is 5.32 Å². The Labute approximate surface area is 71.2 Å². The van der Waals surface area contributed by atoms with E-state index in [2.05, 4.69) is 5.32 Å². The summed E-state index contributed by atoms with van der Waals surface area (Å²) in [6.07, 6.45) is 6.01. The van der Waals surface area contributed by atoms with Crippen molar-refractivity contribution in [1.29, 1.82) is 0 Å². The molecule has 64 valence electrons. The predicted octanol–water partition coefficient (Wildman–Crippen LogP) is 1.64. The van der Waals surface area contributed by atoms with Crippen LogP contribution < -0.4 is 10.5 Å². The fourth-order valence-electron chi connectivity index (χ4n) is 1.45. The largest absolute Gasteiger partial charge is 0.343 e. The van der Waals surface area contributed by atoms with E-state index in [4.69, 9.17) is 5.14 Å². The summed E-state index contributed by atoms with van der Waals surface area (Å²) in [7, 11) is 0. The molecule has 1 aliphatic rings. The molecule has 4 heteroatoms. The number of carbonyl (C=O) groups is 1. The van der Waals surface area contributed by atoms with Gasteiger partial charge in [-0.3, -0.25) is 9.93 Å². The summed E-state index contributed by atoms with van der Waals surface area (Å²) < 4.78 is 0. The Bertz CT molecular complexity index is 134. The van der Waals surface area contributed by atoms with Crippen LogP contribution in [0.1, 0.15) is 32.1 Å². The fourth-order valence-corrected chi connectivity index (χ4v) is 1.68. The van der Waals surface area contributed by atoms with Crippen LogP contribution >= 0.6 is 11.9 Å². The van der Waals surface area contributed by atoms with Gasteiger partial charge in [0.2, 0.25) is 0 Å². The highest BCUT2D eigenvalue weighted by molar-refractivity contribution is 8.11. The van der Waals surface area contributed by atoms with Crippen molar-refractivity contribution in [2.24, 2.45) is 5.14 Å². The lowest BCUT2D eigenvalue weighted by molar-refractivity contribution is 0.253. The van der Waals surface area contributed by atoms with Crippen molar-refractivity contribution in [2.75, 3.05) is 0 Å². The molecule has 0 aromatic heterocycles. The zero-order valence-corrected chi connectivity index (χ0v) is 7.32. The molecule has 0 bridgehead atoms. The number of carbonyl (C=O) groups excluding carboxylic acids is 1. The van der Waals surface area contributed by atoms with Gasteiger partial charge in [0.15, 0.2) is 0 Å². The highest BCUT2D eigenvalue weighted by Crippen LogP contribution is 2.17. The van der Waals surface area contributed by atoms with Gasteiger partial charge in [-0.1, -0.05) is 19.3 Å². The number of rotatable bonds is 1. The Balaban J connectivity index is 2.19. The Morgan fingerprint density at radius 3 is 2.55 bits per heavy atom. The van der Waals surface area contributed by atoms with Crippen LogP contribution in [0.4, 0.5) is 4.79 Å². The van der Waals surface area contributed by atoms with E-state index in [9.17, 15) is 4.79 Å². The van der Waals surface area contributed by atoms with E-state index < -0.39 is 0 Å². The van der Waals surface area contributed by atoms with Crippen molar-refractivity contribution in [3.05, 3.63) is 0 Å². The molecule has 0 spiro atoms. The molecule has 3 nitrogen and oxygen atoms in total. The van der Waals surface area contributed by atoms with E-state index in [0.717, 1.165) is 24.8 Å². The summed E-state index contributed by atoms with van der Waals surface area (Å²) in [5, 5.41) is 7.86. The molecule has 11 heavy (non-hydrogen) atoms. The standard InChI is InChI=1S/C7H14N2OS/c8-11-7(10)9-6-4-2-1-3-5-6/h6H,1-5,8H2,(H,9,10). The van der Waals surface area contributed by atoms with Gasteiger partial charge in [0.05, 0.1) is 0 Å². The number of nitrogens with two attached hydrogens (primary N) is 1. The number of hydrogen-bond donors (Lipinski definition) is 2. The molecule has 0 aliphatic heterocycles. The van der Waals surface area contributed by atoms with E-state index in [1.54, 1.807) is 0 Å². The molecular formula is C7H14N2OS. The summed E-state index contributed by atoms with van der Waals surface area (Å²) in [5.41, 5.74) is 0. The topological polar surface area (TPSA) is 55.1 Å². The molecule has 3 N–H and O–H groups in total. The van der Waals surface area contributed by atoms with E-state index in [-0.39, 0.29) is 5.24 Å². The van der Waals surface area contributed by atoms with Crippen LogP contribution in [0.15, 0.2) is 0 Å². The molecule has 0 unspecified atom stereocenters. The molecule has 0 saturated heterocycles. The molecule has 0 radical (unpaired) electrons. The first-order chi connectivity index (χ1) is 5.33. The lowest BCUT2D eigenvalue weighted by Crippen LogP contribution is -2.34. The minimum Gasteiger partial charge on any atom is -0.343 e. The molecule has 0 aromatic carbocycles. The van der Waals surface area contributed by atoms with Crippen LogP contribution in [0.5, 0.6) is 0 Å². The second-order valence-corrected chi connectivity index (χ2v) is 3.49. The first-order valence-electron chi connectivity index (χ1n) is 4.00. The monoisotopic (exact) mass is 174 g/mol. The normalized spacial score (nSPS) is 19.7. The second kappa shape index (κ2) is 4.62. The van der Waals surface area contributed by atoms with Crippen molar-refractivity contribution < 1.29 is 4.79 Å². The van der Waals surface area contributed by atoms with Crippen molar-refractivity contribution in [2.45, 2.75) is 38.1 Å². The third kappa shape index (κ3) is 3.12. The Kier molecular flexibility index (Phi) is 3.72. The predicted molar refractivity (Wildman–Crippen MR) is 47.2 cm³/mol. The van der Waals surface area contributed by atoms with E-state index in [1.807, 2.05) is 0 Å². The highest BCUT2D eigenvalue weighted by Gasteiger charge is 2.14. The summed E-state index contributed by atoms with van der Waals surface area (Å²) in [4.78, 5) is 10.8. The Morgan fingerprint density at radius 2 is 2.00 bits per heavy atom. The van der Waals surface area contributed by atoms with E-state index in [0.29, 0.717) is 6.04 Å². The first kappa shape index (κ1) is 8.87. The zero-order valence-electron chi connectivity index (χ0n) is 6.51. The highest BCUT2D eigenvalue weighted by atomic mass is 32.2. The van der Waals surface area contributed by atoms with Crippen LogP contribution in [0.3, 0.4) is 0 Å². The minimum atomic E-state index is -0.100. The molecule has 0 atom stereocenters. The van der Waals surface area contributed by atoms with Crippen LogP contribution in [0, 0.1) is 0 Å². The number of hydrogen-bond acceptors (Lipinski definition) is 3. The smallest absolute Gasteiger partial charge is 0.294 e. The maximum Gasteiger partial charge on any atom is 0.294 e. The van der Waals surface area contributed by atoms with Gasteiger partial charge in [0.25, 0.3) is 5.24 Å². The lowest BCUT2D eigenvalue weighted by Gasteiger charge is -2.21. The third-order valence-electron chi connectivity index (χ3n) is 2.03. The zero-order chi connectivity index (χ0) is 8.10. The summed E-state index contributed by atoms with van der Waals surface area (Å²) in [6, 6.07) is 0.382. The van der Waals surface area contributed by atoms with Crippen molar-refractivity contribution in [3.63, 3.8) is 0 Å². The van der Waals surface area contributed by atoms with Gasteiger partial charge in [-0.05, 0) is 12.8 Å². The molecular weight excluding hydrogens is 160 g/mol. The Morgan fingerprint density at radius 1 is 1.36 bits per heavy atom. The summed E-state index contributed by atoms with van der Waals surface area (Å²) >= 11 is 0.768. The molecule has 1 aliphatic carbocycles. The average molecular weight is 174 g/mol. The van der Waals surface area contributed by atoms with Crippen LogP contribution in [0.2, 0.25) is 0 Å². The molecule has 0 aromatic rings. The van der Waals surface area contributed by atoms with Crippen LogP contribution in [-0.4, -0.2) is 11.3 Å². The maximum absolute atomic E-state index is 10.8. The molecule has 1 fully saturated rings. The van der Waals surface area contributed by atoms with Gasteiger partial charge in [0, 0.05) is 18.0 Å². The quantitative estimate of drug-likeness (QED) is 0.594. The van der Waals surface area contributed by atoms with Gasteiger partial charge in [0.1, 0.15) is 0 Å². The maximum atomic E-state index is 10.8. The second-order valence-electron chi connectivity index (χ2n) is 2.88. The van der Waals surface area contributed by atoms with Gasteiger partial charge >= 0.3 is 0 Å². The number of nitrogens with one attached hydrogen (secondary N) is 1. The molecule has 0 heterocycles. The van der Waals surface area contributed by atoms with E-state index >= 15 is 0 Å². The first-order valence-corrected chi connectivity index (χ1v) is 4.88. The van der Waals surface area contributed by atoms with E-state index in [1.165, 1.54) is 19.3 Å². The summed E-state index contributed by atoms with van der Waals surface area (Å²) in [6.45, 7) is 0. The van der Waals surface area contributed by atoms with Crippen molar-refractivity contribution in [3.8, 4) is 0 Å². The Hall–Kier alpha value is -0.220. The fraction of sp³-hybridized carbons (Fsp3) is 0.857. The van der Waals surface area contributed by atoms with Crippen molar-refractivity contribution in [1.82, 2.24) is 5.32 Å². The van der Waals surface area contributed by atoms with Gasteiger partial charge in [-0.15, -0.1) is 0 Å². The lowest BCUT2D eigenvalue weighted by atomic mass is 9.96. The van der Waals surface area contributed by atoms with Gasteiger partial charge in [-0.2, -0.15) is 0 Å². The SMILES string of the molecule is NSC(=O)NC1CCCCC1. The van der Waals surface area contributed by atoms with Crippen molar-refractivity contribution >= 4 is 17.2 Å². The van der Waals surface area contributed by atoms with Crippen LogP contribution in [-0.2, 0) is 0 Å². The molecule has 1 amide bonds. The third-order valence-corrected chi connectivity index (χ3v) is 2.37. The minimum absolute atomic E-state index is 0.100. The molecule has 1 rings (SSSR count). The van der Waals surface area contributed by atoms with Gasteiger partial charge in [-0.25, -0.2) is 0 Å².